The minimum atomic E-state index is 0.386. The Hall–Kier alpha value is -6.49. The lowest BCUT2D eigenvalue weighted by molar-refractivity contribution is 1.18. The van der Waals surface area contributed by atoms with Crippen LogP contribution >= 0.6 is 11.3 Å². The van der Waals surface area contributed by atoms with Gasteiger partial charge in [-0.1, -0.05) is 146 Å². The number of aromatic nitrogens is 1. The molecule has 53 heavy (non-hydrogen) atoms. The summed E-state index contributed by atoms with van der Waals surface area (Å²) in [4.78, 5) is 1.24. The van der Waals surface area contributed by atoms with E-state index in [4.69, 9.17) is 11.1 Å². The molecular weight excluding hydrogens is 663 g/mol. The first-order valence-electron chi connectivity index (χ1n) is 17.8. The molecule has 2 aromatic heterocycles. The Bertz CT molecular complexity index is 2890. The predicted molar refractivity (Wildman–Crippen MR) is 233 cm³/mol. The summed E-state index contributed by atoms with van der Waals surface area (Å²) in [5.41, 5.74) is 15.1. The summed E-state index contributed by atoms with van der Waals surface area (Å²) in [6.45, 7) is 8.28. The number of nitrogens with one attached hydrogen (secondary N) is 1. The molecule has 0 fully saturated rings. The summed E-state index contributed by atoms with van der Waals surface area (Å²) in [5, 5.41) is 17.3. The van der Waals surface area contributed by atoms with Gasteiger partial charge < -0.3 is 15.7 Å². The number of aryl methyl sites for hydroxylation is 1. The first-order chi connectivity index (χ1) is 26.0. The van der Waals surface area contributed by atoms with Gasteiger partial charge in [-0.3, -0.25) is 0 Å². The van der Waals surface area contributed by atoms with Crippen LogP contribution in [0.1, 0.15) is 34.1 Å². The molecule has 4 heteroatoms. The molecule has 0 spiro atoms. The van der Waals surface area contributed by atoms with Gasteiger partial charge in [0, 0.05) is 42.5 Å². The summed E-state index contributed by atoms with van der Waals surface area (Å²) in [6.07, 6.45) is 8.01. The third-order valence-electron chi connectivity index (χ3n) is 9.82. The smallest absolute Gasteiger partial charge is 0.0632 e. The topological polar surface area (TPSA) is 54.8 Å². The van der Waals surface area contributed by atoms with Gasteiger partial charge in [-0.2, -0.15) is 0 Å². The Kier molecular flexibility index (Phi) is 9.05. The molecule has 7 aromatic carbocycles. The molecule has 0 unspecified atom stereocenters. The van der Waals surface area contributed by atoms with Gasteiger partial charge in [0.05, 0.1) is 16.7 Å². The number of allylic oxidation sites excluding steroid dienone is 2. The van der Waals surface area contributed by atoms with Crippen molar-refractivity contribution in [1.29, 1.82) is 5.41 Å². The fourth-order valence-electron chi connectivity index (χ4n) is 7.34. The van der Waals surface area contributed by atoms with E-state index < -0.39 is 0 Å². The molecule has 256 valence electrons. The molecule has 0 aliphatic heterocycles. The largest absolute Gasteiger partial charge is 0.398 e. The van der Waals surface area contributed by atoms with E-state index in [0.717, 1.165) is 27.8 Å². The second-order valence-electron chi connectivity index (χ2n) is 13.2. The van der Waals surface area contributed by atoms with E-state index in [0.29, 0.717) is 11.4 Å². The van der Waals surface area contributed by atoms with Crippen LogP contribution in [-0.2, 0) is 0 Å². The van der Waals surface area contributed by atoms with Crippen molar-refractivity contribution in [3.63, 3.8) is 0 Å². The fourth-order valence-corrected chi connectivity index (χ4v) is 8.69. The van der Waals surface area contributed by atoms with Crippen LogP contribution in [0.25, 0.3) is 77.0 Å². The number of nitrogens with two attached hydrogens (primary N) is 1. The number of hydrogen-bond donors (Lipinski definition) is 2. The Morgan fingerprint density at radius 2 is 1.34 bits per heavy atom. The zero-order valence-electron chi connectivity index (χ0n) is 29.8. The van der Waals surface area contributed by atoms with Crippen molar-refractivity contribution < 1.29 is 0 Å². The molecule has 0 saturated carbocycles. The summed E-state index contributed by atoms with van der Waals surface area (Å²) >= 11 is 1.84. The molecule has 9 rings (SSSR count). The Balaban J connectivity index is 0.000000515. The summed E-state index contributed by atoms with van der Waals surface area (Å²) in [6, 6.07) is 50.5. The van der Waals surface area contributed by atoms with Gasteiger partial charge in [-0.25, -0.2) is 0 Å². The van der Waals surface area contributed by atoms with Gasteiger partial charge in [0.15, 0.2) is 0 Å². The lowest BCUT2D eigenvalue weighted by atomic mass is 9.96. The van der Waals surface area contributed by atoms with E-state index >= 15 is 0 Å². The predicted octanol–water partition coefficient (Wildman–Crippen LogP) is 13.3. The number of para-hydroxylation sites is 1. The van der Waals surface area contributed by atoms with Crippen LogP contribution in [0, 0.1) is 12.3 Å². The normalized spacial score (nSPS) is 11.8. The maximum absolute atomic E-state index is 8.58. The van der Waals surface area contributed by atoms with Gasteiger partial charge in [-0.15, -0.1) is 11.3 Å². The van der Waals surface area contributed by atoms with Crippen molar-refractivity contribution in [2.45, 2.75) is 13.8 Å². The Morgan fingerprint density at radius 1 is 0.679 bits per heavy atom. The third kappa shape index (κ3) is 6.13. The van der Waals surface area contributed by atoms with Gasteiger partial charge >= 0.3 is 0 Å². The number of thiophene rings is 1. The molecule has 0 aliphatic rings. The molecule has 3 N–H and O–H groups in total. The van der Waals surface area contributed by atoms with E-state index in [-0.39, 0.29) is 0 Å². The summed E-state index contributed by atoms with van der Waals surface area (Å²) < 4.78 is 3.63. The monoisotopic (exact) mass is 701 g/mol. The minimum absolute atomic E-state index is 0.386. The van der Waals surface area contributed by atoms with Gasteiger partial charge in [-0.05, 0) is 83.1 Å². The van der Waals surface area contributed by atoms with Crippen molar-refractivity contribution in [2.24, 2.45) is 5.73 Å². The quantitative estimate of drug-likeness (QED) is 0.132. The standard InChI is InChI=1S/C42H31N3S.C7H8/c1-3-11-39-30(4-2)33-21-19-27-18-20-32-31(40(27)42(33)46-39)22-23-38-41(32)34-16-8-9-17-37(34)45(38)29-15-10-14-28(24-29)36(44)25-35(43)26-12-6-5-7-13-26;1-7-5-3-2-4-6-7/h3-25,43H,2,44H2,1H3;2-6H,1H3/b11-3-,36-25-,43-35?;. The number of benzene rings is 7. The maximum Gasteiger partial charge on any atom is 0.0632 e. The average molecular weight is 702 g/mol. The molecule has 0 saturated heterocycles. The van der Waals surface area contributed by atoms with Crippen molar-refractivity contribution in [3.8, 4) is 5.69 Å². The van der Waals surface area contributed by atoms with E-state index in [1.807, 2.05) is 78.1 Å². The van der Waals surface area contributed by atoms with Crippen molar-refractivity contribution >= 4 is 88.3 Å². The zero-order valence-corrected chi connectivity index (χ0v) is 30.6. The number of fused-ring (bicyclic) bond motifs is 9. The molecule has 0 atom stereocenters. The van der Waals surface area contributed by atoms with E-state index in [1.165, 1.54) is 58.4 Å². The van der Waals surface area contributed by atoms with Crippen LogP contribution in [0.15, 0.2) is 164 Å². The molecule has 9 aromatic rings. The Labute approximate surface area is 313 Å². The van der Waals surface area contributed by atoms with Crippen LogP contribution < -0.4 is 5.73 Å². The summed E-state index contributed by atoms with van der Waals surface area (Å²) in [7, 11) is 0. The van der Waals surface area contributed by atoms with Crippen molar-refractivity contribution in [2.75, 3.05) is 0 Å². The molecule has 0 radical (unpaired) electrons. The highest BCUT2D eigenvalue weighted by Crippen LogP contribution is 2.44. The van der Waals surface area contributed by atoms with Crippen LogP contribution in [0.3, 0.4) is 0 Å². The molecule has 2 heterocycles. The molecule has 3 nitrogen and oxygen atoms in total. The summed E-state index contributed by atoms with van der Waals surface area (Å²) in [5.74, 6) is 0. The van der Waals surface area contributed by atoms with Crippen molar-refractivity contribution in [1.82, 2.24) is 4.57 Å². The maximum atomic E-state index is 8.58. The van der Waals surface area contributed by atoms with E-state index in [9.17, 15) is 0 Å². The van der Waals surface area contributed by atoms with E-state index in [2.05, 4.69) is 122 Å². The van der Waals surface area contributed by atoms with E-state index in [1.54, 1.807) is 6.08 Å². The SMILES string of the molecule is C=Cc1c(/C=C\C)sc2c1ccc1ccc3c(ccc4c3c3ccccc3n4-c3cccc(/C(N)=C/C(=N)c4ccccc4)c3)c12.Cc1ccccc1. The second-order valence-corrected chi connectivity index (χ2v) is 14.2. The molecular formula is C49H39N3S. The molecule has 0 amide bonds. The van der Waals surface area contributed by atoms with Crippen LogP contribution in [0.5, 0.6) is 0 Å². The number of nitrogens with zero attached hydrogens (tertiary/aromatic N) is 1. The second kappa shape index (κ2) is 14.3. The van der Waals surface area contributed by atoms with Crippen LogP contribution in [-0.4, -0.2) is 10.3 Å². The van der Waals surface area contributed by atoms with Gasteiger partial charge in [0.25, 0.3) is 0 Å². The van der Waals surface area contributed by atoms with Crippen LogP contribution in [0.4, 0.5) is 0 Å². The fraction of sp³-hybridized carbons (Fsp3) is 0.0408. The minimum Gasteiger partial charge on any atom is -0.398 e. The van der Waals surface area contributed by atoms with Crippen molar-refractivity contribution in [3.05, 3.63) is 191 Å². The number of hydrogen-bond acceptors (Lipinski definition) is 3. The highest BCUT2D eigenvalue weighted by atomic mass is 32.1. The highest BCUT2D eigenvalue weighted by Gasteiger charge is 2.18. The first-order valence-corrected chi connectivity index (χ1v) is 18.6. The van der Waals surface area contributed by atoms with Gasteiger partial charge in [0.1, 0.15) is 0 Å². The first kappa shape index (κ1) is 33.6. The lowest BCUT2D eigenvalue weighted by Gasteiger charge is -2.12. The zero-order chi connectivity index (χ0) is 36.5. The molecule has 0 aliphatic carbocycles. The molecule has 0 bridgehead atoms. The van der Waals surface area contributed by atoms with Gasteiger partial charge in [0.2, 0.25) is 0 Å². The average Bonchev–Trinajstić information content (AvgIpc) is 3.74. The Morgan fingerprint density at radius 3 is 2.06 bits per heavy atom. The lowest BCUT2D eigenvalue weighted by Crippen LogP contribution is -2.03. The number of rotatable bonds is 6. The van der Waals surface area contributed by atoms with Crippen LogP contribution in [0.2, 0.25) is 0 Å². The highest BCUT2D eigenvalue weighted by molar-refractivity contribution is 7.21. The third-order valence-corrected chi connectivity index (χ3v) is 11.0.